The smallest absolute Gasteiger partial charge is 0.408 e. The first-order valence-electron chi connectivity index (χ1n) is 14.9. The summed E-state index contributed by atoms with van der Waals surface area (Å²) in [6.45, 7) is 10.6. The minimum atomic E-state index is -4.45. The summed E-state index contributed by atoms with van der Waals surface area (Å²) in [5.74, 6) is -0.281. The van der Waals surface area contributed by atoms with Crippen molar-refractivity contribution >= 4 is 54.6 Å². The van der Waals surface area contributed by atoms with E-state index in [2.05, 4.69) is 39.0 Å². The Morgan fingerprint density at radius 1 is 1.08 bits per heavy atom. The Kier molecular flexibility index (Phi) is 14.0. The zero-order chi connectivity index (χ0) is 35.2. The van der Waals surface area contributed by atoms with Crippen molar-refractivity contribution < 1.29 is 31.9 Å². The molecule has 256 valence electrons. The third-order valence-corrected chi connectivity index (χ3v) is 7.06. The molecule has 10 nitrogen and oxygen atoms in total. The molecular weight excluding hydrogens is 649 g/mol. The molecule has 0 bridgehead atoms. The second-order valence-corrected chi connectivity index (χ2v) is 11.8. The summed E-state index contributed by atoms with van der Waals surface area (Å²) >= 11 is 6.40. The summed E-state index contributed by atoms with van der Waals surface area (Å²) in [6, 6.07) is 13.5. The Hall–Kier alpha value is -4.91. The Bertz CT molecular complexity index is 1590. The van der Waals surface area contributed by atoms with Gasteiger partial charge in [0.1, 0.15) is 12.3 Å². The van der Waals surface area contributed by atoms with Gasteiger partial charge in [0.15, 0.2) is 0 Å². The highest BCUT2D eigenvalue weighted by atomic mass is 35.5. The number of carbonyl (C=O) groups excluding carboxylic acids is 2. The minimum Gasteiger partial charge on any atom is -0.492 e. The Morgan fingerprint density at radius 3 is 2.46 bits per heavy atom. The normalized spacial score (nSPS) is 12.1. The number of furan rings is 1. The van der Waals surface area contributed by atoms with Gasteiger partial charge in [-0.3, -0.25) is 14.6 Å². The van der Waals surface area contributed by atoms with E-state index in [-0.39, 0.29) is 30.9 Å². The monoisotopic (exact) mass is 686 g/mol. The molecule has 0 aliphatic heterocycles. The lowest BCUT2D eigenvalue weighted by atomic mass is 9.92. The Balaban J connectivity index is 1.57. The van der Waals surface area contributed by atoms with Gasteiger partial charge in [0, 0.05) is 43.4 Å². The molecule has 0 atom stereocenters. The number of carbonyl (C=O) groups is 2. The molecule has 3 rings (SSSR count). The molecule has 0 aliphatic carbocycles. The number of alkyl halides is 3. The van der Waals surface area contributed by atoms with E-state index in [0.29, 0.717) is 53.6 Å². The molecule has 2 N–H and O–H groups in total. The van der Waals surface area contributed by atoms with Crippen molar-refractivity contribution in [3.63, 3.8) is 0 Å². The van der Waals surface area contributed by atoms with Gasteiger partial charge in [0.05, 0.1) is 29.8 Å². The third-order valence-electron chi connectivity index (χ3n) is 6.77. The van der Waals surface area contributed by atoms with E-state index in [0.717, 1.165) is 5.56 Å². The Morgan fingerprint density at radius 2 is 1.83 bits per heavy atom. The standard InChI is InChI=1S/C34H38ClF3N6O4/c1-33(2,21-42-31(46)26-8-10-27(39-3)11-9-26)23-44(30(45)13-7-24-14-17-47-20-24)15-5-16-48-29-12-6-25(18-28(29)35)19-41-32(40-4)43-22-34(36,37)38/h6-14,17-18,20H,3-5,15-16,19,21-23H2,1-2H3,(H,41,43)(H,42,46)/b13-7+. The van der Waals surface area contributed by atoms with E-state index >= 15 is 0 Å². The number of aliphatic imine (C=N–C) groups is 3. The predicted octanol–water partition coefficient (Wildman–Crippen LogP) is 6.74. The lowest BCUT2D eigenvalue weighted by Crippen LogP contribution is -2.44. The van der Waals surface area contributed by atoms with Gasteiger partial charge < -0.3 is 24.7 Å². The van der Waals surface area contributed by atoms with Gasteiger partial charge in [-0.2, -0.15) is 13.2 Å². The largest absolute Gasteiger partial charge is 0.492 e. The highest BCUT2D eigenvalue weighted by molar-refractivity contribution is 6.32. The van der Waals surface area contributed by atoms with Crippen molar-refractivity contribution in [3.05, 3.63) is 88.8 Å². The van der Waals surface area contributed by atoms with Crippen LogP contribution in [0.15, 0.2) is 86.5 Å². The van der Waals surface area contributed by atoms with E-state index in [1.165, 1.54) is 18.6 Å². The first kappa shape index (κ1) is 37.5. The maximum atomic E-state index is 13.3. The zero-order valence-corrected chi connectivity index (χ0v) is 27.5. The second kappa shape index (κ2) is 17.9. The van der Waals surface area contributed by atoms with E-state index in [4.69, 9.17) is 20.8 Å². The molecule has 1 aromatic heterocycles. The van der Waals surface area contributed by atoms with Crippen molar-refractivity contribution in [1.82, 2.24) is 15.5 Å². The summed E-state index contributed by atoms with van der Waals surface area (Å²) in [5.41, 5.74) is 2.08. The van der Waals surface area contributed by atoms with Crippen molar-refractivity contribution in [2.24, 2.45) is 20.4 Å². The minimum absolute atomic E-state index is 0.119. The van der Waals surface area contributed by atoms with Crippen LogP contribution in [-0.2, 0) is 11.3 Å². The van der Waals surface area contributed by atoms with Crippen LogP contribution in [0.2, 0.25) is 5.02 Å². The molecule has 0 saturated heterocycles. The van der Waals surface area contributed by atoms with Crippen LogP contribution in [0.4, 0.5) is 18.9 Å². The number of benzene rings is 2. The average molecular weight is 687 g/mol. The number of halogens is 4. The summed E-state index contributed by atoms with van der Waals surface area (Å²) < 4.78 is 48.3. The lowest BCUT2D eigenvalue weighted by Gasteiger charge is -2.32. The van der Waals surface area contributed by atoms with Crippen LogP contribution in [0.25, 0.3) is 6.08 Å². The summed E-state index contributed by atoms with van der Waals surface area (Å²) in [4.78, 5) is 38.4. The number of nitrogens with zero attached hydrogens (tertiary/aromatic N) is 4. The van der Waals surface area contributed by atoms with Gasteiger partial charge in [0.25, 0.3) is 5.91 Å². The molecule has 0 radical (unpaired) electrons. The quantitative estimate of drug-likeness (QED) is 0.0749. The highest BCUT2D eigenvalue weighted by Crippen LogP contribution is 2.26. The van der Waals surface area contributed by atoms with Gasteiger partial charge in [-0.15, -0.1) is 0 Å². The fourth-order valence-corrected chi connectivity index (χ4v) is 4.60. The number of rotatable bonds is 16. The lowest BCUT2D eigenvalue weighted by molar-refractivity contribution is -0.127. The van der Waals surface area contributed by atoms with Crippen LogP contribution >= 0.6 is 11.6 Å². The van der Waals surface area contributed by atoms with Crippen LogP contribution in [0.5, 0.6) is 5.75 Å². The molecule has 14 heteroatoms. The van der Waals surface area contributed by atoms with Crippen molar-refractivity contribution in [2.45, 2.75) is 33.0 Å². The molecular formula is C34H38ClF3N6O4. The topological polar surface area (TPSA) is 121 Å². The molecule has 3 aromatic rings. The van der Waals surface area contributed by atoms with Crippen molar-refractivity contribution in [3.8, 4) is 5.75 Å². The van der Waals surface area contributed by atoms with Crippen LogP contribution < -0.4 is 15.4 Å². The molecule has 2 aromatic carbocycles. The maximum Gasteiger partial charge on any atom is 0.408 e. The molecule has 2 amide bonds. The molecule has 0 spiro atoms. The molecule has 0 aliphatic rings. The molecule has 48 heavy (non-hydrogen) atoms. The van der Waals surface area contributed by atoms with Crippen LogP contribution in [-0.4, -0.2) is 75.1 Å². The SMILES string of the molecule is C=N/C(=N\CC(F)(F)F)NCc1ccc(OCCCN(CC(C)(C)CNC(=O)c2ccc(N=C)cc2)C(=O)/C=C/c2ccoc2)c(Cl)c1. The van der Waals surface area contributed by atoms with Gasteiger partial charge in [-0.1, -0.05) is 31.5 Å². The van der Waals surface area contributed by atoms with E-state index in [1.807, 2.05) is 13.8 Å². The number of hydrogen-bond donors (Lipinski definition) is 2. The summed E-state index contributed by atoms with van der Waals surface area (Å²) in [7, 11) is 0. The number of ether oxygens (including phenoxy) is 1. The van der Waals surface area contributed by atoms with Crippen LogP contribution in [0, 0.1) is 5.41 Å². The molecule has 1 heterocycles. The van der Waals surface area contributed by atoms with Gasteiger partial charge >= 0.3 is 6.18 Å². The van der Waals surface area contributed by atoms with Crippen molar-refractivity contribution in [2.75, 3.05) is 32.8 Å². The fraction of sp³-hybridized carbons (Fsp3) is 0.324. The van der Waals surface area contributed by atoms with Gasteiger partial charge in [-0.25, -0.2) is 9.98 Å². The third kappa shape index (κ3) is 13.1. The Labute approximate surface area is 282 Å². The fourth-order valence-electron chi connectivity index (χ4n) is 4.34. The molecule has 0 unspecified atom stereocenters. The van der Waals surface area contributed by atoms with E-state index < -0.39 is 18.1 Å². The second-order valence-electron chi connectivity index (χ2n) is 11.4. The first-order valence-corrected chi connectivity index (χ1v) is 15.2. The van der Waals surface area contributed by atoms with E-state index in [9.17, 15) is 22.8 Å². The van der Waals surface area contributed by atoms with Crippen molar-refractivity contribution in [1.29, 1.82) is 0 Å². The van der Waals surface area contributed by atoms with Crippen LogP contribution in [0.1, 0.15) is 41.8 Å². The number of nitrogens with one attached hydrogen (secondary N) is 2. The van der Waals surface area contributed by atoms with Gasteiger partial charge in [0.2, 0.25) is 11.9 Å². The van der Waals surface area contributed by atoms with Crippen LogP contribution in [0.3, 0.4) is 0 Å². The maximum absolute atomic E-state index is 13.3. The first-order chi connectivity index (χ1) is 22.8. The number of guanidine groups is 1. The average Bonchev–Trinajstić information content (AvgIpc) is 3.58. The summed E-state index contributed by atoms with van der Waals surface area (Å²) in [6.07, 6.45) is 2.21. The van der Waals surface area contributed by atoms with E-state index in [1.54, 1.807) is 59.5 Å². The van der Waals surface area contributed by atoms with Gasteiger partial charge in [-0.05, 0) is 79.4 Å². The number of hydrogen-bond acceptors (Lipinski definition) is 6. The summed E-state index contributed by atoms with van der Waals surface area (Å²) in [5, 5.41) is 5.94. The molecule has 0 saturated carbocycles. The predicted molar refractivity (Wildman–Crippen MR) is 182 cm³/mol. The zero-order valence-electron chi connectivity index (χ0n) is 26.7. The highest BCUT2D eigenvalue weighted by Gasteiger charge is 2.27. The molecule has 0 fully saturated rings. The number of amides is 2.